The van der Waals surface area contributed by atoms with Crippen LogP contribution in [-0.4, -0.2) is 66.4 Å². The van der Waals surface area contributed by atoms with E-state index < -0.39 is 15.7 Å². The van der Waals surface area contributed by atoms with Crippen LogP contribution in [0.3, 0.4) is 0 Å². The van der Waals surface area contributed by atoms with Gasteiger partial charge in [0.1, 0.15) is 0 Å². The molecule has 0 spiro atoms. The first-order valence-electron chi connectivity index (χ1n) is 6.61. The second-order valence-corrected chi connectivity index (χ2v) is 7.41. The first-order chi connectivity index (χ1) is 9.11. The van der Waals surface area contributed by atoms with Gasteiger partial charge in [0.15, 0.2) is 5.84 Å². The van der Waals surface area contributed by atoms with E-state index in [4.69, 9.17) is 10.9 Å². The Hall–Kier alpha value is -0.900. The number of piperazine rings is 1. The van der Waals surface area contributed by atoms with Gasteiger partial charge in [0.2, 0.25) is 0 Å². The summed E-state index contributed by atoms with van der Waals surface area (Å²) in [4.78, 5) is 2.00. The van der Waals surface area contributed by atoms with Gasteiger partial charge in [-0.2, -0.15) is 17.4 Å². The lowest BCUT2D eigenvalue weighted by molar-refractivity contribution is 0.118. The van der Waals surface area contributed by atoms with Crippen LogP contribution in [0.15, 0.2) is 5.16 Å². The topological polar surface area (TPSA) is 111 Å². The summed E-state index contributed by atoms with van der Waals surface area (Å²) in [7, 11) is -3.43. The first kappa shape index (κ1) is 17.2. The third kappa shape index (κ3) is 3.81. The molecule has 4 N–H and O–H groups in total. The third-order valence-electron chi connectivity index (χ3n) is 3.49. The minimum Gasteiger partial charge on any atom is -0.409 e. The molecule has 0 bridgehead atoms. The van der Waals surface area contributed by atoms with E-state index in [1.807, 2.05) is 18.7 Å². The highest BCUT2D eigenvalue weighted by Gasteiger charge is 2.36. The second kappa shape index (κ2) is 6.25. The number of oxime groups is 1. The van der Waals surface area contributed by atoms with Crippen molar-refractivity contribution < 1.29 is 13.6 Å². The molecule has 0 radical (unpaired) electrons. The molecule has 1 rings (SSSR count). The van der Waals surface area contributed by atoms with Crippen molar-refractivity contribution in [3.63, 3.8) is 0 Å². The molecule has 1 heterocycles. The van der Waals surface area contributed by atoms with Crippen LogP contribution in [0.5, 0.6) is 0 Å². The maximum atomic E-state index is 12.1. The van der Waals surface area contributed by atoms with Crippen molar-refractivity contribution in [2.24, 2.45) is 10.9 Å². The van der Waals surface area contributed by atoms with E-state index in [1.54, 1.807) is 13.8 Å². The fraction of sp³-hybridized carbons (Fsp3) is 0.909. The van der Waals surface area contributed by atoms with Crippen molar-refractivity contribution >= 4 is 16.0 Å². The Morgan fingerprint density at radius 3 is 2.20 bits per heavy atom. The molecule has 1 aliphatic rings. The van der Waals surface area contributed by atoms with E-state index >= 15 is 0 Å². The van der Waals surface area contributed by atoms with Crippen LogP contribution in [0, 0.1) is 0 Å². The maximum absolute atomic E-state index is 12.1. The molecule has 0 aliphatic carbocycles. The molecular formula is C11H25N5O3S. The predicted octanol–water partition coefficient (Wildman–Crippen LogP) is -0.628. The van der Waals surface area contributed by atoms with Crippen molar-refractivity contribution in [2.75, 3.05) is 26.2 Å². The molecule has 0 amide bonds. The van der Waals surface area contributed by atoms with Crippen LogP contribution in [0.1, 0.15) is 27.7 Å². The number of nitrogens with two attached hydrogens (primary N) is 1. The zero-order chi connectivity index (χ0) is 15.6. The van der Waals surface area contributed by atoms with E-state index in [9.17, 15) is 8.42 Å². The second-order valence-electron chi connectivity index (χ2n) is 5.71. The van der Waals surface area contributed by atoms with Crippen molar-refractivity contribution in [1.82, 2.24) is 13.9 Å². The lowest BCUT2D eigenvalue weighted by Crippen LogP contribution is -2.61. The number of rotatable bonds is 5. The van der Waals surface area contributed by atoms with Crippen LogP contribution < -0.4 is 10.5 Å². The third-order valence-corrected chi connectivity index (χ3v) is 5.30. The molecule has 0 aromatic rings. The van der Waals surface area contributed by atoms with Crippen LogP contribution in [0.2, 0.25) is 0 Å². The van der Waals surface area contributed by atoms with Crippen LogP contribution >= 0.6 is 0 Å². The Kier molecular flexibility index (Phi) is 5.36. The molecule has 1 fully saturated rings. The molecule has 0 aromatic carbocycles. The minimum absolute atomic E-state index is 0.120. The summed E-state index contributed by atoms with van der Waals surface area (Å²) >= 11 is 0. The van der Waals surface area contributed by atoms with Gasteiger partial charge in [-0.25, -0.2) is 0 Å². The van der Waals surface area contributed by atoms with Gasteiger partial charge in [0.25, 0.3) is 10.2 Å². The number of hydrogen-bond donors (Lipinski definition) is 3. The fourth-order valence-corrected chi connectivity index (χ4v) is 3.53. The summed E-state index contributed by atoms with van der Waals surface area (Å²) in [5, 5.41) is 11.9. The van der Waals surface area contributed by atoms with E-state index in [1.165, 1.54) is 4.31 Å². The van der Waals surface area contributed by atoms with Crippen molar-refractivity contribution in [1.29, 1.82) is 0 Å². The molecule has 118 valence electrons. The predicted molar refractivity (Wildman–Crippen MR) is 77.8 cm³/mol. The van der Waals surface area contributed by atoms with Crippen molar-refractivity contribution in [3.8, 4) is 0 Å². The smallest absolute Gasteiger partial charge is 0.279 e. The number of nitrogens with one attached hydrogen (secondary N) is 1. The van der Waals surface area contributed by atoms with Gasteiger partial charge in [0, 0.05) is 32.2 Å². The normalized spacial score (nSPS) is 20.6. The molecule has 0 aromatic heterocycles. The van der Waals surface area contributed by atoms with Gasteiger partial charge in [-0.15, -0.1) is 0 Å². The highest BCUT2D eigenvalue weighted by atomic mass is 32.2. The zero-order valence-electron chi connectivity index (χ0n) is 12.5. The van der Waals surface area contributed by atoms with Crippen LogP contribution in [0.25, 0.3) is 0 Å². The highest BCUT2D eigenvalue weighted by Crippen LogP contribution is 2.18. The van der Waals surface area contributed by atoms with Gasteiger partial charge in [-0.05, 0) is 27.7 Å². The zero-order valence-corrected chi connectivity index (χ0v) is 13.3. The lowest BCUT2D eigenvalue weighted by Gasteiger charge is -2.42. The number of amidine groups is 1. The van der Waals surface area contributed by atoms with E-state index in [0.29, 0.717) is 26.2 Å². The molecule has 0 saturated carbocycles. The van der Waals surface area contributed by atoms with Gasteiger partial charge < -0.3 is 10.9 Å². The van der Waals surface area contributed by atoms with E-state index in [-0.39, 0.29) is 11.9 Å². The van der Waals surface area contributed by atoms with Gasteiger partial charge in [0.05, 0.1) is 5.54 Å². The number of nitrogens with zero attached hydrogens (tertiary/aromatic N) is 3. The molecule has 0 unspecified atom stereocenters. The maximum Gasteiger partial charge on any atom is 0.279 e. The van der Waals surface area contributed by atoms with Gasteiger partial charge in [-0.3, -0.25) is 4.90 Å². The summed E-state index contributed by atoms with van der Waals surface area (Å²) in [6, 6.07) is -0.133. The highest BCUT2D eigenvalue weighted by molar-refractivity contribution is 7.87. The molecule has 20 heavy (non-hydrogen) atoms. The van der Waals surface area contributed by atoms with E-state index in [0.717, 1.165) is 0 Å². The van der Waals surface area contributed by atoms with Gasteiger partial charge >= 0.3 is 0 Å². The summed E-state index contributed by atoms with van der Waals surface area (Å²) in [6.45, 7) is 9.08. The SMILES string of the molecule is CC(C)NS(=O)(=O)N1CCN(C(C)(C)C(N)=NO)CC1. The fourth-order valence-electron chi connectivity index (χ4n) is 2.14. The summed E-state index contributed by atoms with van der Waals surface area (Å²) < 4.78 is 28.1. The largest absolute Gasteiger partial charge is 0.409 e. The first-order valence-corrected chi connectivity index (χ1v) is 8.05. The molecular weight excluding hydrogens is 282 g/mol. The molecule has 8 nitrogen and oxygen atoms in total. The molecule has 0 atom stereocenters. The van der Waals surface area contributed by atoms with E-state index in [2.05, 4.69) is 9.88 Å². The lowest BCUT2D eigenvalue weighted by atomic mass is 10.0. The Bertz CT molecular complexity index is 453. The van der Waals surface area contributed by atoms with Crippen LogP contribution in [0.4, 0.5) is 0 Å². The Morgan fingerprint density at radius 2 is 1.80 bits per heavy atom. The summed E-state index contributed by atoms with van der Waals surface area (Å²) in [5.41, 5.74) is 5.08. The standard InChI is InChI=1S/C11H25N5O3S/c1-9(2)14-20(18,19)16-7-5-15(6-8-16)11(3,4)10(12)13-17/h9,14,17H,5-8H2,1-4H3,(H2,12,13). The average Bonchev–Trinajstić information content (AvgIpc) is 2.36. The average molecular weight is 307 g/mol. The molecule has 1 saturated heterocycles. The molecule has 1 aliphatic heterocycles. The summed E-state index contributed by atoms with van der Waals surface area (Å²) in [6.07, 6.45) is 0. The Labute approximate surface area is 120 Å². The molecule has 9 heteroatoms. The van der Waals surface area contributed by atoms with Crippen molar-refractivity contribution in [3.05, 3.63) is 0 Å². The summed E-state index contributed by atoms with van der Waals surface area (Å²) in [5.74, 6) is 0.120. The Balaban J connectivity index is 2.69. The van der Waals surface area contributed by atoms with Crippen molar-refractivity contribution in [2.45, 2.75) is 39.3 Å². The quantitative estimate of drug-likeness (QED) is 0.271. The van der Waals surface area contributed by atoms with Gasteiger partial charge in [-0.1, -0.05) is 5.16 Å². The Morgan fingerprint density at radius 1 is 1.30 bits per heavy atom. The number of hydrogen-bond acceptors (Lipinski definition) is 5. The monoisotopic (exact) mass is 307 g/mol. The minimum atomic E-state index is -3.43. The van der Waals surface area contributed by atoms with Crippen LogP contribution in [-0.2, 0) is 10.2 Å².